The largest absolute Gasteiger partial charge is 0.370 e. The monoisotopic (exact) mass is 262 g/mol. The van der Waals surface area contributed by atoms with E-state index in [-0.39, 0.29) is 12.0 Å². The van der Waals surface area contributed by atoms with Crippen LogP contribution in [-0.2, 0) is 16.0 Å². The van der Waals surface area contributed by atoms with Gasteiger partial charge in [-0.1, -0.05) is 38.1 Å². The van der Waals surface area contributed by atoms with Crippen LogP contribution in [0.4, 0.5) is 0 Å². The quantitative estimate of drug-likeness (QED) is 0.762. The van der Waals surface area contributed by atoms with Crippen LogP contribution < -0.4 is 11.1 Å². The van der Waals surface area contributed by atoms with Gasteiger partial charge in [0, 0.05) is 12.6 Å². The number of hydrogen-bond acceptors (Lipinski definition) is 3. The molecule has 0 spiro atoms. The summed E-state index contributed by atoms with van der Waals surface area (Å²) in [5.74, 6) is -0.424. The standard InChI is InChI=1S/C15H22N2O2/c1-15(2)9-11-5-3-4-6-12(11)14(15)17-7-8-19-10-13(16)18/h3-6,14,17H,7-10H2,1-2H3,(H2,16,18). The molecule has 2 rings (SSSR count). The smallest absolute Gasteiger partial charge is 0.243 e. The van der Waals surface area contributed by atoms with Gasteiger partial charge in [-0.15, -0.1) is 0 Å². The van der Waals surface area contributed by atoms with Gasteiger partial charge in [0.25, 0.3) is 0 Å². The molecule has 4 nitrogen and oxygen atoms in total. The summed E-state index contributed by atoms with van der Waals surface area (Å²) in [6, 6.07) is 8.89. The van der Waals surface area contributed by atoms with Crippen LogP contribution in [0.1, 0.15) is 31.0 Å². The van der Waals surface area contributed by atoms with Crippen molar-refractivity contribution in [2.24, 2.45) is 11.1 Å². The zero-order chi connectivity index (χ0) is 13.9. The highest BCUT2D eigenvalue weighted by atomic mass is 16.5. The first kappa shape index (κ1) is 14.0. The van der Waals surface area contributed by atoms with Crippen LogP contribution in [-0.4, -0.2) is 25.7 Å². The second-order valence-corrected chi connectivity index (χ2v) is 5.77. The number of carbonyl (C=O) groups is 1. The second-order valence-electron chi connectivity index (χ2n) is 5.77. The maximum absolute atomic E-state index is 10.6. The van der Waals surface area contributed by atoms with Crippen LogP contribution >= 0.6 is 0 Å². The van der Waals surface area contributed by atoms with E-state index in [1.165, 1.54) is 11.1 Å². The number of fused-ring (bicyclic) bond motifs is 1. The van der Waals surface area contributed by atoms with E-state index in [0.717, 1.165) is 13.0 Å². The molecule has 1 unspecified atom stereocenters. The van der Waals surface area contributed by atoms with Crippen molar-refractivity contribution in [2.45, 2.75) is 26.3 Å². The Bertz CT molecular complexity index is 457. The molecule has 0 radical (unpaired) electrons. The molecule has 4 heteroatoms. The summed E-state index contributed by atoms with van der Waals surface area (Å²) >= 11 is 0. The molecule has 0 saturated carbocycles. The molecule has 1 atom stereocenters. The minimum atomic E-state index is -0.424. The number of carbonyl (C=O) groups excluding carboxylic acids is 1. The van der Waals surface area contributed by atoms with Crippen molar-refractivity contribution in [3.05, 3.63) is 35.4 Å². The van der Waals surface area contributed by atoms with Gasteiger partial charge in [-0.25, -0.2) is 0 Å². The van der Waals surface area contributed by atoms with Gasteiger partial charge >= 0.3 is 0 Å². The minimum Gasteiger partial charge on any atom is -0.370 e. The molecule has 1 aliphatic carbocycles. The molecule has 0 aromatic heterocycles. The van der Waals surface area contributed by atoms with Gasteiger partial charge in [0.15, 0.2) is 0 Å². The van der Waals surface area contributed by atoms with Gasteiger partial charge in [0.05, 0.1) is 6.61 Å². The Morgan fingerprint density at radius 2 is 2.21 bits per heavy atom. The first-order valence-electron chi connectivity index (χ1n) is 6.68. The molecule has 1 amide bonds. The predicted octanol–water partition coefficient (Wildman–Crippen LogP) is 1.40. The van der Waals surface area contributed by atoms with E-state index in [4.69, 9.17) is 10.5 Å². The van der Waals surface area contributed by atoms with Crippen molar-refractivity contribution in [1.82, 2.24) is 5.32 Å². The Hall–Kier alpha value is -1.39. The molecular formula is C15H22N2O2. The van der Waals surface area contributed by atoms with Crippen molar-refractivity contribution in [3.8, 4) is 0 Å². The Morgan fingerprint density at radius 3 is 2.95 bits per heavy atom. The lowest BCUT2D eigenvalue weighted by Gasteiger charge is -2.28. The predicted molar refractivity (Wildman–Crippen MR) is 74.7 cm³/mol. The average molecular weight is 262 g/mol. The van der Waals surface area contributed by atoms with Crippen molar-refractivity contribution < 1.29 is 9.53 Å². The summed E-state index contributed by atoms with van der Waals surface area (Å²) in [5, 5.41) is 3.52. The molecule has 0 saturated heterocycles. The maximum atomic E-state index is 10.6. The lowest BCUT2D eigenvalue weighted by Crippen LogP contribution is -2.33. The van der Waals surface area contributed by atoms with E-state index in [9.17, 15) is 4.79 Å². The topological polar surface area (TPSA) is 64.3 Å². The number of primary amides is 1. The van der Waals surface area contributed by atoms with Gasteiger partial charge in [-0.3, -0.25) is 4.79 Å². The number of rotatable bonds is 6. The van der Waals surface area contributed by atoms with E-state index < -0.39 is 5.91 Å². The summed E-state index contributed by atoms with van der Waals surface area (Å²) in [7, 11) is 0. The molecule has 0 fully saturated rings. The fourth-order valence-corrected chi connectivity index (χ4v) is 2.83. The Balaban J connectivity index is 1.90. The van der Waals surface area contributed by atoms with Crippen molar-refractivity contribution >= 4 is 5.91 Å². The van der Waals surface area contributed by atoms with Crippen LogP contribution in [0.2, 0.25) is 0 Å². The molecule has 19 heavy (non-hydrogen) atoms. The summed E-state index contributed by atoms with van der Waals surface area (Å²) in [6.07, 6.45) is 1.09. The molecule has 0 heterocycles. The van der Waals surface area contributed by atoms with Gasteiger partial charge in [-0.05, 0) is 23.0 Å². The molecular weight excluding hydrogens is 240 g/mol. The maximum Gasteiger partial charge on any atom is 0.243 e. The van der Waals surface area contributed by atoms with E-state index in [2.05, 4.69) is 43.4 Å². The van der Waals surface area contributed by atoms with Crippen LogP contribution in [0.25, 0.3) is 0 Å². The summed E-state index contributed by atoms with van der Waals surface area (Å²) in [4.78, 5) is 10.6. The van der Waals surface area contributed by atoms with Gasteiger partial charge in [-0.2, -0.15) is 0 Å². The highest BCUT2D eigenvalue weighted by Gasteiger charge is 2.37. The summed E-state index contributed by atoms with van der Waals surface area (Å²) in [5.41, 5.74) is 8.02. The second kappa shape index (κ2) is 5.72. The average Bonchev–Trinajstić information content (AvgIpc) is 2.59. The van der Waals surface area contributed by atoms with E-state index in [1.54, 1.807) is 0 Å². The highest BCUT2D eigenvalue weighted by Crippen LogP contribution is 2.44. The number of benzene rings is 1. The Labute approximate surface area is 114 Å². The minimum absolute atomic E-state index is 0.00761. The number of nitrogens with one attached hydrogen (secondary N) is 1. The Kier molecular flexibility index (Phi) is 4.22. The molecule has 3 N–H and O–H groups in total. The van der Waals surface area contributed by atoms with Crippen LogP contribution in [0.3, 0.4) is 0 Å². The normalized spacial score (nSPS) is 20.2. The first-order chi connectivity index (χ1) is 9.00. The number of nitrogens with two attached hydrogens (primary N) is 1. The first-order valence-corrected chi connectivity index (χ1v) is 6.68. The van der Waals surface area contributed by atoms with Crippen molar-refractivity contribution in [1.29, 1.82) is 0 Å². The fraction of sp³-hybridized carbons (Fsp3) is 0.533. The molecule has 0 bridgehead atoms. The SMILES string of the molecule is CC1(C)Cc2ccccc2C1NCCOCC(N)=O. The van der Waals surface area contributed by atoms with E-state index in [1.807, 2.05) is 0 Å². The third kappa shape index (κ3) is 3.33. The van der Waals surface area contributed by atoms with Crippen LogP contribution in [0.15, 0.2) is 24.3 Å². The fourth-order valence-electron chi connectivity index (χ4n) is 2.83. The van der Waals surface area contributed by atoms with Gasteiger partial charge < -0.3 is 15.8 Å². The van der Waals surface area contributed by atoms with E-state index in [0.29, 0.717) is 12.6 Å². The summed E-state index contributed by atoms with van der Waals surface area (Å²) in [6.45, 7) is 5.75. The molecule has 0 aliphatic heterocycles. The Morgan fingerprint density at radius 1 is 1.47 bits per heavy atom. The third-order valence-corrected chi connectivity index (χ3v) is 3.63. The highest BCUT2D eigenvalue weighted by molar-refractivity contribution is 5.74. The van der Waals surface area contributed by atoms with Crippen LogP contribution in [0.5, 0.6) is 0 Å². The number of amides is 1. The molecule has 1 aromatic rings. The van der Waals surface area contributed by atoms with Crippen molar-refractivity contribution in [3.63, 3.8) is 0 Å². The lowest BCUT2D eigenvalue weighted by atomic mass is 9.85. The number of hydrogen-bond donors (Lipinski definition) is 2. The molecule has 1 aromatic carbocycles. The number of ether oxygens (including phenoxy) is 1. The van der Waals surface area contributed by atoms with Crippen molar-refractivity contribution in [2.75, 3.05) is 19.8 Å². The zero-order valence-corrected chi connectivity index (χ0v) is 11.6. The molecule has 1 aliphatic rings. The lowest BCUT2D eigenvalue weighted by molar-refractivity contribution is -0.122. The van der Waals surface area contributed by atoms with Crippen LogP contribution in [0, 0.1) is 5.41 Å². The van der Waals surface area contributed by atoms with Gasteiger partial charge in [0.2, 0.25) is 5.91 Å². The van der Waals surface area contributed by atoms with Gasteiger partial charge in [0.1, 0.15) is 6.61 Å². The van der Waals surface area contributed by atoms with E-state index >= 15 is 0 Å². The zero-order valence-electron chi connectivity index (χ0n) is 11.6. The molecule has 104 valence electrons. The third-order valence-electron chi connectivity index (χ3n) is 3.63. The summed E-state index contributed by atoms with van der Waals surface area (Å²) < 4.78 is 5.17.